The molecule has 0 aromatic heterocycles. The van der Waals surface area contributed by atoms with E-state index in [9.17, 15) is 0 Å². The molecule has 0 radical (unpaired) electrons. The van der Waals surface area contributed by atoms with E-state index in [0.29, 0.717) is 0 Å². The molecule has 10 heavy (non-hydrogen) atoms. The molecule has 58 valence electrons. The molecule has 0 saturated carbocycles. The molecular formula is C4H6Cl3N3. The van der Waals surface area contributed by atoms with Crippen LogP contribution in [0.3, 0.4) is 0 Å². The molecule has 1 rings (SSSR count). The van der Waals surface area contributed by atoms with E-state index in [0.717, 1.165) is 9.16 Å². The summed E-state index contributed by atoms with van der Waals surface area (Å²) in [7, 11) is 0. The third kappa shape index (κ3) is 1.49. The van der Waals surface area contributed by atoms with Gasteiger partial charge in [0.15, 0.2) is 0 Å². The highest BCUT2D eigenvalue weighted by atomic mass is 35.5. The summed E-state index contributed by atoms with van der Waals surface area (Å²) in [5.74, 6) is 0. The van der Waals surface area contributed by atoms with Crippen LogP contribution in [0.4, 0.5) is 0 Å². The normalized spacial score (nSPS) is 29.6. The van der Waals surface area contributed by atoms with Crippen molar-refractivity contribution in [2.45, 2.75) is 13.0 Å². The van der Waals surface area contributed by atoms with Gasteiger partial charge in [0, 0.05) is 29.8 Å². The van der Waals surface area contributed by atoms with E-state index in [-0.39, 0.29) is 6.04 Å². The molecule has 1 aliphatic heterocycles. The van der Waals surface area contributed by atoms with Crippen LogP contribution in [-0.4, -0.2) is 19.7 Å². The van der Waals surface area contributed by atoms with Gasteiger partial charge < -0.3 is 0 Å². The first-order chi connectivity index (χ1) is 4.63. The van der Waals surface area contributed by atoms with Gasteiger partial charge in [0.1, 0.15) is 0 Å². The Bertz CT molecular complexity index is 135. The lowest BCUT2D eigenvalue weighted by Gasteiger charge is -2.33. The lowest BCUT2D eigenvalue weighted by molar-refractivity contribution is 0.0196. The maximum atomic E-state index is 5.66. The molecule has 1 atom stereocenters. The van der Waals surface area contributed by atoms with Gasteiger partial charge in [-0.25, -0.2) is 0 Å². The van der Waals surface area contributed by atoms with E-state index in [1.807, 2.05) is 13.0 Å². The minimum Gasteiger partial charge on any atom is -0.193 e. The van der Waals surface area contributed by atoms with Gasteiger partial charge >= 0.3 is 0 Å². The third-order valence-corrected chi connectivity index (χ3v) is 2.33. The van der Waals surface area contributed by atoms with Crippen LogP contribution >= 0.6 is 35.3 Å². The zero-order chi connectivity index (χ0) is 7.72. The second-order valence-corrected chi connectivity index (χ2v) is 2.90. The van der Waals surface area contributed by atoms with Gasteiger partial charge in [0.2, 0.25) is 0 Å². The third-order valence-electron chi connectivity index (χ3n) is 1.14. The summed E-state index contributed by atoms with van der Waals surface area (Å²) < 4.78 is 3.50. The number of halogens is 3. The van der Waals surface area contributed by atoms with E-state index in [2.05, 4.69) is 0 Å². The van der Waals surface area contributed by atoms with Crippen LogP contribution < -0.4 is 0 Å². The molecule has 6 heteroatoms. The molecular weight excluding hydrogens is 196 g/mol. The van der Waals surface area contributed by atoms with Gasteiger partial charge in [0.25, 0.3) is 0 Å². The summed E-state index contributed by atoms with van der Waals surface area (Å²) in [5, 5.41) is 0. The minimum atomic E-state index is 0.0502. The van der Waals surface area contributed by atoms with Gasteiger partial charge in [0.05, 0.1) is 6.04 Å². The molecule has 0 saturated heterocycles. The largest absolute Gasteiger partial charge is 0.193 e. The van der Waals surface area contributed by atoms with E-state index in [1.54, 1.807) is 6.20 Å². The fourth-order valence-electron chi connectivity index (χ4n) is 0.554. The Labute approximate surface area is 74.6 Å². The average Bonchev–Trinajstić information content (AvgIpc) is 1.93. The smallest absolute Gasteiger partial charge is 0.0612 e. The predicted octanol–water partition coefficient (Wildman–Crippen LogP) is 2.10. The second-order valence-electron chi connectivity index (χ2n) is 1.90. The van der Waals surface area contributed by atoms with Gasteiger partial charge in [-0.15, -0.1) is 4.53 Å². The van der Waals surface area contributed by atoms with E-state index >= 15 is 0 Å². The Morgan fingerprint density at radius 3 is 2.40 bits per heavy atom. The molecule has 0 aromatic carbocycles. The molecule has 1 heterocycles. The number of hydrogen-bond acceptors (Lipinski definition) is 3. The molecule has 0 fully saturated rings. The Hall–Kier alpha value is 0.330. The number of hydrogen-bond donors (Lipinski definition) is 0. The fourth-order valence-corrected chi connectivity index (χ4v) is 1.05. The summed E-state index contributed by atoms with van der Waals surface area (Å²) in [6, 6.07) is 0.0502. The fraction of sp³-hybridized carbons (Fsp3) is 0.500. The first kappa shape index (κ1) is 8.43. The predicted molar refractivity (Wildman–Crippen MR) is 41.7 cm³/mol. The van der Waals surface area contributed by atoms with Gasteiger partial charge in [-0.05, 0) is 29.4 Å². The Morgan fingerprint density at radius 1 is 1.30 bits per heavy atom. The highest BCUT2D eigenvalue weighted by Crippen LogP contribution is 2.21. The minimum absolute atomic E-state index is 0.0502. The van der Waals surface area contributed by atoms with Crippen molar-refractivity contribution in [3.63, 3.8) is 0 Å². The van der Waals surface area contributed by atoms with Crippen LogP contribution in [-0.2, 0) is 0 Å². The first-order valence-corrected chi connectivity index (χ1v) is 3.68. The Kier molecular flexibility index (Phi) is 2.66. The molecule has 1 aliphatic rings. The second kappa shape index (κ2) is 3.15. The van der Waals surface area contributed by atoms with Crippen molar-refractivity contribution in [2.24, 2.45) is 0 Å². The molecule has 0 N–H and O–H groups in total. The molecule has 1 unspecified atom stereocenters. The van der Waals surface area contributed by atoms with Crippen molar-refractivity contribution >= 4 is 35.3 Å². The molecule has 3 nitrogen and oxygen atoms in total. The van der Waals surface area contributed by atoms with Crippen molar-refractivity contribution in [3.05, 3.63) is 12.3 Å². The maximum absolute atomic E-state index is 5.66. The maximum Gasteiger partial charge on any atom is 0.0612 e. The van der Waals surface area contributed by atoms with Crippen molar-refractivity contribution in [1.29, 1.82) is 0 Å². The molecule has 0 bridgehead atoms. The lowest BCUT2D eigenvalue weighted by Crippen LogP contribution is -2.42. The Balaban J connectivity index is 2.69. The van der Waals surface area contributed by atoms with Crippen molar-refractivity contribution in [1.82, 2.24) is 13.7 Å². The summed E-state index contributed by atoms with van der Waals surface area (Å²) in [6.45, 7) is 1.89. The molecule has 0 aliphatic carbocycles. The summed E-state index contributed by atoms with van der Waals surface area (Å²) in [5.41, 5.74) is 0. The standard InChI is InChI=1S/C4H6Cl3N3/c1-4-2-3-8(5)10(7)9(4)6/h2-4H,1H3. The number of nitrogens with zero attached hydrogens (tertiary/aromatic N) is 3. The highest BCUT2D eigenvalue weighted by molar-refractivity contribution is 6.22. The van der Waals surface area contributed by atoms with Crippen LogP contribution in [0, 0.1) is 0 Å². The zero-order valence-corrected chi connectivity index (χ0v) is 7.48. The van der Waals surface area contributed by atoms with Gasteiger partial charge in [-0.3, -0.25) is 0 Å². The average molecular weight is 202 g/mol. The first-order valence-electron chi connectivity index (χ1n) is 2.67. The van der Waals surface area contributed by atoms with E-state index in [1.165, 1.54) is 4.53 Å². The SMILES string of the molecule is CC1C=CN(Cl)N(Cl)N1Cl. The van der Waals surface area contributed by atoms with Crippen LogP contribution in [0.25, 0.3) is 0 Å². The van der Waals surface area contributed by atoms with Crippen molar-refractivity contribution in [2.75, 3.05) is 0 Å². The zero-order valence-electron chi connectivity index (χ0n) is 5.21. The van der Waals surface area contributed by atoms with Crippen LogP contribution in [0.15, 0.2) is 12.3 Å². The number of rotatable bonds is 0. The summed E-state index contributed by atoms with van der Waals surface area (Å²) in [4.78, 5) is 0. The van der Waals surface area contributed by atoms with Crippen molar-refractivity contribution < 1.29 is 0 Å². The van der Waals surface area contributed by atoms with Gasteiger partial charge in [-0.1, -0.05) is 0 Å². The van der Waals surface area contributed by atoms with E-state index in [4.69, 9.17) is 35.3 Å². The highest BCUT2D eigenvalue weighted by Gasteiger charge is 2.23. The van der Waals surface area contributed by atoms with Crippen molar-refractivity contribution in [3.8, 4) is 0 Å². The molecule has 0 aromatic rings. The molecule has 0 spiro atoms. The van der Waals surface area contributed by atoms with E-state index < -0.39 is 0 Å². The summed E-state index contributed by atoms with van der Waals surface area (Å²) in [6.07, 6.45) is 3.44. The van der Waals surface area contributed by atoms with Crippen LogP contribution in [0.5, 0.6) is 0 Å². The number of hydrazine groups is 2. The molecule has 0 amide bonds. The summed E-state index contributed by atoms with van der Waals surface area (Å²) >= 11 is 16.8. The van der Waals surface area contributed by atoms with Crippen LogP contribution in [0.1, 0.15) is 6.92 Å². The van der Waals surface area contributed by atoms with Gasteiger partial charge in [-0.2, -0.15) is 4.53 Å². The van der Waals surface area contributed by atoms with Crippen LogP contribution in [0.2, 0.25) is 0 Å². The topological polar surface area (TPSA) is 9.72 Å². The monoisotopic (exact) mass is 201 g/mol. The Morgan fingerprint density at radius 2 is 1.90 bits per heavy atom. The quantitative estimate of drug-likeness (QED) is 0.557. The lowest BCUT2D eigenvalue weighted by atomic mass is 10.3.